The van der Waals surface area contributed by atoms with Gasteiger partial charge >= 0.3 is 29.8 Å². The number of phenols is 1. The van der Waals surface area contributed by atoms with E-state index in [0.29, 0.717) is 0 Å². The van der Waals surface area contributed by atoms with Gasteiger partial charge < -0.3 is 30.6 Å². The van der Waals surface area contributed by atoms with Crippen molar-refractivity contribution in [2.24, 2.45) is 0 Å². The summed E-state index contributed by atoms with van der Waals surface area (Å²) in [5.41, 5.74) is -2.12. The van der Waals surface area contributed by atoms with E-state index < -0.39 is 52.1 Å². The van der Waals surface area contributed by atoms with Crippen LogP contribution in [0.15, 0.2) is 48.5 Å². The molecule has 11 heteroatoms. The van der Waals surface area contributed by atoms with Gasteiger partial charge in [0.15, 0.2) is 0 Å². The first-order valence-corrected chi connectivity index (χ1v) is 8.50. The summed E-state index contributed by atoms with van der Waals surface area (Å²) in [7, 11) is 0. The van der Waals surface area contributed by atoms with E-state index in [1.54, 1.807) is 12.1 Å². The van der Waals surface area contributed by atoms with E-state index in [9.17, 15) is 24.0 Å². The van der Waals surface area contributed by atoms with Crippen molar-refractivity contribution in [3.8, 4) is 5.75 Å². The van der Waals surface area contributed by atoms with Crippen molar-refractivity contribution in [1.82, 2.24) is 0 Å². The molecule has 0 saturated carbocycles. The topological polar surface area (TPSA) is 207 Å². The van der Waals surface area contributed by atoms with Crippen LogP contribution in [0.3, 0.4) is 0 Å². The Balaban J connectivity index is 0.000000303. The Morgan fingerprint density at radius 2 is 0.750 bits per heavy atom. The molecule has 0 aliphatic rings. The predicted molar refractivity (Wildman–Crippen MR) is 107 cm³/mol. The first-order valence-electron chi connectivity index (χ1n) is 8.50. The van der Waals surface area contributed by atoms with E-state index in [1.807, 2.05) is 0 Å². The molecule has 32 heavy (non-hydrogen) atoms. The molecule has 0 aromatic heterocycles. The molecule has 0 aliphatic carbocycles. The standard InChI is InChI=1S/C14H8O8.C7H6O3/c15-11(16)7-1-5-2-9(13(19)20)10(14(21)22)4-6(5)3-8(7)12(17)18;8-6-4-2-1-3-5(6)7(9)10/h1-4H,(H,15,16)(H,17,18)(H,19,20)(H,21,22);1-4,8H,(H,9,10). The van der Waals surface area contributed by atoms with Crippen molar-refractivity contribution < 1.29 is 54.6 Å². The Morgan fingerprint density at radius 1 is 0.469 bits per heavy atom. The van der Waals surface area contributed by atoms with Crippen LogP contribution < -0.4 is 0 Å². The van der Waals surface area contributed by atoms with Gasteiger partial charge in [0.05, 0.1) is 22.3 Å². The van der Waals surface area contributed by atoms with Gasteiger partial charge in [-0.25, -0.2) is 24.0 Å². The number of aromatic carboxylic acids is 5. The van der Waals surface area contributed by atoms with Gasteiger partial charge in [-0.05, 0) is 47.2 Å². The summed E-state index contributed by atoms with van der Waals surface area (Å²) in [5, 5.41) is 53.6. The number of carbonyl (C=O) groups is 5. The minimum Gasteiger partial charge on any atom is -0.507 e. The molecule has 0 fully saturated rings. The second kappa shape index (κ2) is 9.26. The van der Waals surface area contributed by atoms with Crippen LogP contribution in [0.2, 0.25) is 0 Å². The molecule has 0 atom stereocenters. The highest BCUT2D eigenvalue weighted by molar-refractivity contribution is 6.10. The predicted octanol–water partition coefficient (Wildman–Crippen LogP) is 2.72. The van der Waals surface area contributed by atoms with Crippen molar-refractivity contribution in [2.45, 2.75) is 0 Å². The van der Waals surface area contributed by atoms with E-state index in [1.165, 1.54) is 12.1 Å². The van der Waals surface area contributed by atoms with Crippen molar-refractivity contribution >= 4 is 40.6 Å². The zero-order valence-corrected chi connectivity index (χ0v) is 15.8. The van der Waals surface area contributed by atoms with Gasteiger partial charge in [0.1, 0.15) is 11.3 Å². The fourth-order valence-electron chi connectivity index (χ4n) is 2.71. The minimum atomic E-state index is -1.49. The fourth-order valence-corrected chi connectivity index (χ4v) is 2.71. The van der Waals surface area contributed by atoms with E-state index >= 15 is 0 Å². The number of para-hydroxylation sites is 1. The Labute approximate surface area is 178 Å². The van der Waals surface area contributed by atoms with Gasteiger partial charge in [0.25, 0.3) is 0 Å². The highest BCUT2D eigenvalue weighted by Gasteiger charge is 2.21. The summed E-state index contributed by atoms with van der Waals surface area (Å²) in [5.74, 6) is -7.26. The third-order valence-electron chi connectivity index (χ3n) is 4.17. The van der Waals surface area contributed by atoms with Gasteiger partial charge in [0.2, 0.25) is 0 Å². The van der Waals surface area contributed by atoms with Crippen LogP contribution in [-0.4, -0.2) is 60.5 Å². The molecule has 3 rings (SSSR count). The number of hydrogen-bond donors (Lipinski definition) is 6. The van der Waals surface area contributed by atoms with Crippen LogP contribution in [0.5, 0.6) is 5.75 Å². The molecule has 0 unspecified atom stereocenters. The molecule has 0 aliphatic heterocycles. The van der Waals surface area contributed by atoms with Crippen LogP contribution in [0, 0.1) is 0 Å². The fraction of sp³-hybridized carbons (Fsp3) is 0. The number of rotatable bonds is 5. The maximum absolute atomic E-state index is 11.1. The van der Waals surface area contributed by atoms with Crippen molar-refractivity contribution in [1.29, 1.82) is 0 Å². The maximum atomic E-state index is 11.1. The van der Waals surface area contributed by atoms with Crippen molar-refractivity contribution in [3.05, 3.63) is 76.3 Å². The molecule has 164 valence electrons. The summed E-state index contributed by atoms with van der Waals surface area (Å²) in [6, 6.07) is 9.81. The van der Waals surface area contributed by atoms with E-state index in [-0.39, 0.29) is 22.1 Å². The van der Waals surface area contributed by atoms with Gasteiger partial charge in [-0.1, -0.05) is 12.1 Å². The Hall–Kier alpha value is -4.93. The number of hydrogen-bond acceptors (Lipinski definition) is 6. The molecular weight excluding hydrogens is 428 g/mol. The molecule has 0 amide bonds. The van der Waals surface area contributed by atoms with Gasteiger partial charge in [-0.3, -0.25) is 0 Å². The number of carboxylic acids is 5. The highest BCUT2D eigenvalue weighted by atomic mass is 16.4. The van der Waals surface area contributed by atoms with E-state index in [2.05, 4.69) is 0 Å². The average molecular weight is 442 g/mol. The van der Waals surface area contributed by atoms with Crippen LogP contribution in [0.25, 0.3) is 10.8 Å². The summed E-state index contributed by atoms with van der Waals surface area (Å²) >= 11 is 0. The summed E-state index contributed by atoms with van der Waals surface area (Å²) < 4.78 is 0. The lowest BCUT2D eigenvalue weighted by Crippen LogP contribution is -2.10. The lowest BCUT2D eigenvalue weighted by molar-refractivity contribution is 0.0651. The third-order valence-corrected chi connectivity index (χ3v) is 4.17. The molecular formula is C21H14O11. The lowest BCUT2D eigenvalue weighted by atomic mass is 9.96. The molecule has 11 nitrogen and oxygen atoms in total. The van der Waals surface area contributed by atoms with Crippen molar-refractivity contribution in [3.63, 3.8) is 0 Å². The maximum Gasteiger partial charge on any atom is 0.339 e. The molecule has 3 aromatic carbocycles. The zero-order chi connectivity index (χ0) is 24.2. The molecule has 0 spiro atoms. The Kier molecular flexibility index (Phi) is 6.76. The first-order chi connectivity index (χ1) is 14.9. The molecule has 6 N–H and O–H groups in total. The van der Waals surface area contributed by atoms with Crippen LogP contribution in [0.1, 0.15) is 51.8 Å². The van der Waals surface area contributed by atoms with Crippen molar-refractivity contribution in [2.75, 3.05) is 0 Å². The SMILES string of the molecule is O=C(O)c1cc2cc(C(=O)O)c(C(=O)O)cc2cc1C(=O)O.O=C(O)c1ccccc1O. The molecule has 0 heterocycles. The first kappa shape index (κ1) is 23.3. The van der Waals surface area contributed by atoms with Crippen LogP contribution >= 0.6 is 0 Å². The number of benzene rings is 3. The van der Waals surface area contributed by atoms with Crippen LogP contribution in [0.4, 0.5) is 0 Å². The summed E-state index contributed by atoms with van der Waals surface area (Å²) in [6.45, 7) is 0. The summed E-state index contributed by atoms with van der Waals surface area (Å²) in [4.78, 5) is 54.6. The number of fused-ring (bicyclic) bond motifs is 1. The smallest absolute Gasteiger partial charge is 0.339 e. The average Bonchev–Trinajstić information content (AvgIpc) is 2.72. The number of carboxylic acid groups (broad SMARTS) is 5. The zero-order valence-electron chi connectivity index (χ0n) is 15.8. The minimum absolute atomic E-state index is 0.0671. The van der Waals surface area contributed by atoms with Gasteiger partial charge in [-0.15, -0.1) is 0 Å². The van der Waals surface area contributed by atoms with E-state index in [4.69, 9.17) is 30.6 Å². The van der Waals surface area contributed by atoms with Gasteiger partial charge in [0, 0.05) is 0 Å². The Bertz CT molecular complexity index is 1140. The normalized spacial score (nSPS) is 10.0. The quantitative estimate of drug-likeness (QED) is 0.338. The number of aromatic hydroxyl groups is 1. The summed E-state index contributed by atoms with van der Waals surface area (Å²) in [6.07, 6.45) is 0. The van der Waals surface area contributed by atoms with Crippen LogP contribution in [-0.2, 0) is 0 Å². The highest BCUT2D eigenvalue weighted by Crippen LogP contribution is 2.25. The third kappa shape index (κ3) is 4.97. The second-order valence-electron chi connectivity index (χ2n) is 6.19. The Morgan fingerprint density at radius 3 is 0.969 bits per heavy atom. The largest absolute Gasteiger partial charge is 0.507 e. The second-order valence-corrected chi connectivity index (χ2v) is 6.19. The molecule has 0 bridgehead atoms. The molecule has 0 radical (unpaired) electrons. The molecule has 3 aromatic rings. The van der Waals surface area contributed by atoms with E-state index in [0.717, 1.165) is 24.3 Å². The lowest BCUT2D eigenvalue weighted by Gasteiger charge is -2.08. The van der Waals surface area contributed by atoms with Gasteiger partial charge in [-0.2, -0.15) is 0 Å². The monoisotopic (exact) mass is 442 g/mol. The molecule has 0 saturated heterocycles.